The number of oxazole rings is 1. The third-order valence-corrected chi connectivity index (χ3v) is 4.61. The van der Waals surface area contributed by atoms with Crippen LogP contribution in [-0.4, -0.2) is 41.1 Å². The first-order chi connectivity index (χ1) is 10.5. The number of hydrogen-bond acceptors (Lipinski definition) is 4. The molecular formula is C17H24N2O3. The summed E-state index contributed by atoms with van der Waals surface area (Å²) in [5, 5.41) is 0. The first kappa shape index (κ1) is 15.3. The molecule has 1 aromatic rings. The Kier molecular flexibility index (Phi) is 4.08. The lowest BCUT2D eigenvalue weighted by Crippen LogP contribution is -2.48. The number of likely N-dealkylation sites (tertiary alicyclic amines) is 1. The predicted molar refractivity (Wildman–Crippen MR) is 82.8 cm³/mol. The summed E-state index contributed by atoms with van der Waals surface area (Å²) in [5.41, 5.74) is 1.69. The van der Waals surface area contributed by atoms with E-state index < -0.39 is 0 Å². The number of nitrogens with zero attached hydrogens (tertiary/aromatic N) is 2. The van der Waals surface area contributed by atoms with E-state index in [0.717, 1.165) is 25.9 Å². The molecule has 0 N–H and O–H groups in total. The van der Waals surface area contributed by atoms with Crippen molar-refractivity contribution in [1.29, 1.82) is 0 Å². The zero-order valence-corrected chi connectivity index (χ0v) is 13.6. The number of amides is 1. The van der Waals surface area contributed by atoms with E-state index in [1.807, 2.05) is 18.7 Å². The maximum Gasteiger partial charge on any atom is 0.276 e. The fourth-order valence-electron chi connectivity index (χ4n) is 3.33. The van der Waals surface area contributed by atoms with E-state index in [0.29, 0.717) is 24.5 Å². The standard InChI is InChI=1S/C17H24N2O3/c1-12(2)15-14(18-11-21-15)16(20)19-7-5-17(6-8-19)10-13(3)4-9-22-17/h10-12H,4-9H2,1-3H3. The molecule has 1 spiro atoms. The quantitative estimate of drug-likeness (QED) is 0.788. The van der Waals surface area contributed by atoms with Crippen molar-refractivity contribution in [2.75, 3.05) is 19.7 Å². The molecule has 22 heavy (non-hydrogen) atoms. The summed E-state index contributed by atoms with van der Waals surface area (Å²) in [5.74, 6) is 0.809. The number of piperidine rings is 1. The SMILES string of the molecule is CC1=CC2(CCN(C(=O)c3ncoc3C(C)C)CC2)OCC1. The molecule has 0 bridgehead atoms. The Morgan fingerprint density at radius 2 is 2.09 bits per heavy atom. The minimum atomic E-state index is -0.163. The number of carbonyl (C=O) groups excluding carboxylic acids is 1. The van der Waals surface area contributed by atoms with Gasteiger partial charge in [0, 0.05) is 19.0 Å². The molecule has 1 aromatic heterocycles. The van der Waals surface area contributed by atoms with Crippen LogP contribution in [0, 0.1) is 0 Å². The largest absolute Gasteiger partial charge is 0.447 e. The summed E-state index contributed by atoms with van der Waals surface area (Å²) < 4.78 is 11.4. The van der Waals surface area contributed by atoms with E-state index in [1.165, 1.54) is 12.0 Å². The molecule has 5 nitrogen and oxygen atoms in total. The van der Waals surface area contributed by atoms with E-state index in [1.54, 1.807) is 0 Å². The van der Waals surface area contributed by atoms with Crippen LogP contribution in [0.5, 0.6) is 0 Å². The van der Waals surface area contributed by atoms with Gasteiger partial charge in [-0.05, 0) is 26.2 Å². The van der Waals surface area contributed by atoms with Gasteiger partial charge in [0.25, 0.3) is 5.91 Å². The first-order valence-electron chi connectivity index (χ1n) is 8.06. The van der Waals surface area contributed by atoms with Crippen molar-refractivity contribution in [3.8, 4) is 0 Å². The van der Waals surface area contributed by atoms with Crippen molar-refractivity contribution in [2.24, 2.45) is 0 Å². The van der Waals surface area contributed by atoms with Gasteiger partial charge in [-0.1, -0.05) is 25.5 Å². The van der Waals surface area contributed by atoms with Crippen LogP contribution in [0.2, 0.25) is 0 Å². The van der Waals surface area contributed by atoms with Crippen molar-refractivity contribution < 1.29 is 13.9 Å². The highest BCUT2D eigenvalue weighted by Gasteiger charge is 2.37. The van der Waals surface area contributed by atoms with Crippen LogP contribution < -0.4 is 0 Å². The number of rotatable bonds is 2. The van der Waals surface area contributed by atoms with Crippen LogP contribution >= 0.6 is 0 Å². The van der Waals surface area contributed by atoms with E-state index in [-0.39, 0.29) is 17.4 Å². The summed E-state index contributed by atoms with van der Waals surface area (Å²) in [6, 6.07) is 0. The maximum atomic E-state index is 12.7. The van der Waals surface area contributed by atoms with Gasteiger partial charge in [0.2, 0.25) is 0 Å². The molecule has 5 heteroatoms. The second-order valence-electron chi connectivity index (χ2n) is 6.67. The lowest BCUT2D eigenvalue weighted by atomic mass is 9.87. The van der Waals surface area contributed by atoms with E-state index >= 15 is 0 Å². The van der Waals surface area contributed by atoms with Gasteiger partial charge >= 0.3 is 0 Å². The van der Waals surface area contributed by atoms with Gasteiger partial charge in [0.15, 0.2) is 12.1 Å². The van der Waals surface area contributed by atoms with Crippen LogP contribution in [0.25, 0.3) is 0 Å². The van der Waals surface area contributed by atoms with Crippen LogP contribution in [0.15, 0.2) is 22.5 Å². The molecule has 0 atom stereocenters. The summed E-state index contributed by atoms with van der Waals surface area (Å²) in [6.45, 7) is 8.36. The third-order valence-electron chi connectivity index (χ3n) is 4.61. The third kappa shape index (κ3) is 2.82. The Hall–Kier alpha value is -1.62. The van der Waals surface area contributed by atoms with Gasteiger partial charge in [0.1, 0.15) is 5.76 Å². The van der Waals surface area contributed by atoms with Crippen molar-refractivity contribution in [2.45, 2.75) is 51.6 Å². The Morgan fingerprint density at radius 1 is 1.36 bits per heavy atom. The van der Waals surface area contributed by atoms with Crippen molar-refractivity contribution >= 4 is 5.91 Å². The summed E-state index contributed by atoms with van der Waals surface area (Å²) in [7, 11) is 0. The molecule has 1 fully saturated rings. The average Bonchev–Trinajstić information content (AvgIpc) is 2.97. The smallest absolute Gasteiger partial charge is 0.276 e. The highest BCUT2D eigenvalue weighted by molar-refractivity contribution is 5.93. The van der Waals surface area contributed by atoms with Crippen LogP contribution in [0.1, 0.15) is 62.2 Å². The summed E-state index contributed by atoms with van der Waals surface area (Å²) in [4.78, 5) is 18.7. The van der Waals surface area contributed by atoms with Crippen LogP contribution in [0.3, 0.4) is 0 Å². The molecule has 0 radical (unpaired) electrons. The molecule has 3 rings (SSSR count). The Labute approximate surface area is 131 Å². The second kappa shape index (κ2) is 5.88. The van der Waals surface area contributed by atoms with Crippen molar-refractivity contribution in [3.63, 3.8) is 0 Å². The fourth-order valence-corrected chi connectivity index (χ4v) is 3.33. The molecule has 0 aromatic carbocycles. The Bertz CT molecular complexity index is 580. The van der Waals surface area contributed by atoms with Gasteiger partial charge in [-0.3, -0.25) is 4.79 Å². The van der Waals surface area contributed by atoms with E-state index in [2.05, 4.69) is 18.0 Å². The number of aromatic nitrogens is 1. The lowest BCUT2D eigenvalue weighted by Gasteiger charge is -2.42. The maximum absolute atomic E-state index is 12.7. The molecule has 2 aliphatic rings. The predicted octanol–water partition coefficient (Wildman–Crippen LogP) is 3.14. The first-order valence-corrected chi connectivity index (χ1v) is 8.06. The highest BCUT2D eigenvalue weighted by Crippen LogP contribution is 2.33. The summed E-state index contributed by atoms with van der Waals surface area (Å²) in [6.07, 6.45) is 6.34. The second-order valence-corrected chi connectivity index (χ2v) is 6.67. The molecule has 3 heterocycles. The number of hydrogen-bond donors (Lipinski definition) is 0. The molecule has 0 saturated carbocycles. The Balaban J connectivity index is 1.70. The monoisotopic (exact) mass is 304 g/mol. The highest BCUT2D eigenvalue weighted by atomic mass is 16.5. The summed E-state index contributed by atoms with van der Waals surface area (Å²) >= 11 is 0. The molecule has 2 aliphatic heterocycles. The average molecular weight is 304 g/mol. The lowest BCUT2D eigenvalue weighted by molar-refractivity contribution is -0.0523. The van der Waals surface area contributed by atoms with Crippen molar-refractivity contribution in [1.82, 2.24) is 9.88 Å². The van der Waals surface area contributed by atoms with E-state index in [4.69, 9.17) is 9.15 Å². The van der Waals surface area contributed by atoms with Gasteiger partial charge in [0.05, 0.1) is 12.2 Å². The van der Waals surface area contributed by atoms with Gasteiger partial charge < -0.3 is 14.1 Å². The molecule has 1 amide bonds. The zero-order chi connectivity index (χ0) is 15.7. The number of ether oxygens (including phenoxy) is 1. The molecule has 0 unspecified atom stereocenters. The van der Waals surface area contributed by atoms with Crippen LogP contribution in [-0.2, 0) is 4.74 Å². The molecular weight excluding hydrogens is 280 g/mol. The molecule has 0 aliphatic carbocycles. The fraction of sp³-hybridized carbons (Fsp3) is 0.647. The van der Waals surface area contributed by atoms with E-state index in [9.17, 15) is 4.79 Å². The normalized spacial score (nSPS) is 21.3. The van der Waals surface area contributed by atoms with Gasteiger partial charge in [-0.25, -0.2) is 4.98 Å². The zero-order valence-electron chi connectivity index (χ0n) is 13.6. The minimum Gasteiger partial charge on any atom is -0.447 e. The Morgan fingerprint density at radius 3 is 2.73 bits per heavy atom. The molecule has 1 saturated heterocycles. The van der Waals surface area contributed by atoms with Gasteiger partial charge in [-0.2, -0.15) is 0 Å². The molecule has 120 valence electrons. The topological polar surface area (TPSA) is 55.6 Å². The van der Waals surface area contributed by atoms with Crippen molar-refractivity contribution in [3.05, 3.63) is 29.5 Å². The van der Waals surface area contributed by atoms with Crippen LogP contribution in [0.4, 0.5) is 0 Å². The minimum absolute atomic E-state index is 0.0242. The van der Waals surface area contributed by atoms with Gasteiger partial charge in [-0.15, -0.1) is 0 Å². The number of carbonyl (C=O) groups is 1.